The molecule has 0 spiro atoms. The molecule has 0 saturated carbocycles. The van der Waals surface area contributed by atoms with Crippen molar-refractivity contribution < 1.29 is 14.3 Å². The van der Waals surface area contributed by atoms with Crippen LogP contribution < -0.4 is 11.1 Å². The first-order valence-electron chi connectivity index (χ1n) is 6.98. The summed E-state index contributed by atoms with van der Waals surface area (Å²) in [6, 6.07) is -0.529. The lowest BCUT2D eigenvalue weighted by Crippen LogP contribution is -2.51. The molecule has 0 radical (unpaired) electrons. The first-order chi connectivity index (χ1) is 9.10. The summed E-state index contributed by atoms with van der Waals surface area (Å²) in [5, 5.41) is 2.69. The fourth-order valence-corrected chi connectivity index (χ4v) is 2.26. The van der Waals surface area contributed by atoms with Crippen LogP contribution in [0.1, 0.15) is 26.7 Å². The summed E-state index contributed by atoms with van der Waals surface area (Å²) < 4.78 is 5.27. The maximum Gasteiger partial charge on any atom is 0.240 e. The lowest BCUT2D eigenvalue weighted by Gasteiger charge is -2.30. The molecule has 6 heteroatoms. The highest BCUT2D eigenvalue weighted by Gasteiger charge is 2.30. The average molecular weight is 271 g/mol. The van der Waals surface area contributed by atoms with E-state index in [0.29, 0.717) is 26.3 Å². The van der Waals surface area contributed by atoms with Crippen molar-refractivity contribution >= 4 is 11.8 Å². The van der Waals surface area contributed by atoms with Gasteiger partial charge in [-0.05, 0) is 32.6 Å². The molecule has 0 aromatic heterocycles. The Morgan fingerprint density at radius 2 is 2.00 bits per heavy atom. The molecule has 1 rings (SSSR count). The van der Waals surface area contributed by atoms with Crippen molar-refractivity contribution in [1.29, 1.82) is 0 Å². The number of amides is 2. The molecule has 0 bridgehead atoms. The summed E-state index contributed by atoms with van der Waals surface area (Å²) >= 11 is 0. The van der Waals surface area contributed by atoms with Gasteiger partial charge < -0.3 is 20.7 Å². The second-order valence-corrected chi connectivity index (χ2v) is 4.78. The van der Waals surface area contributed by atoms with E-state index in [0.717, 1.165) is 12.8 Å². The van der Waals surface area contributed by atoms with E-state index < -0.39 is 6.04 Å². The Bertz CT molecular complexity index is 304. The molecule has 1 heterocycles. The van der Waals surface area contributed by atoms with Gasteiger partial charge in [0.1, 0.15) is 0 Å². The Morgan fingerprint density at radius 3 is 2.53 bits per heavy atom. The number of ether oxygens (including phenoxy) is 1. The maximum absolute atomic E-state index is 12.3. The van der Waals surface area contributed by atoms with Crippen molar-refractivity contribution in [1.82, 2.24) is 10.2 Å². The second kappa shape index (κ2) is 8.12. The average Bonchev–Trinajstić information content (AvgIpc) is 2.44. The molecule has 1 aliphatic heterocycles. The molecular formula is C13H25N3O3. The van der Waals surface area contributed by atoms with Crippen molar-refractivity contribution in [2.75, 3.05) is 32.8 Å². The van der Waals surface area contributed by atoms with Crippen LogP contribution in [0.5, 0.6) is 0 Å². The van der Waals surface area contributed by atoms with Gasteiger partial charge in [0.05, 0.1) is 12.6 Å². The van der Waals surface area contributed by atoms with Crippen LogP contribution in [-0.2, 0) is 14.3 Å². The molecule has 1 aliphatic rings. The predicted molar refractivity (Wildman–Crippen MR) is 72.5 cm³/mol. The van der Waals surface area contributed by atoms with Crippen molar-refractivity contribution in [2.24, 2.45) is 11.7 Å². The van der Waals surface area contributed by atoms with E-state index in [1.807, 2.05) is 13.8 Å². The largest absolute Gasteiger partial charge is 0.381 e. The molecule has 1 saturated heterocycles. The van der Waals surface area contributed by atoms with Crippen LogP contribution in [0.2, 0.25) is 0 Å². The van der Waals surface area contributed by atoms with E-state index in [9.17, 15) is 9.59 Å². The molecule has 3 N–H and O–H groups in total. The summed E-state index contributed by atoms with van der Waals surface area (Å²) in [5.74, 6) is -0.123. The number of likely N-dealkylation sites (N-methyl/N-ethyl adjacent to an activating group) is 2. The normalized spacial score (nSPS) is 17.8. The summed E-state index contributed by atoms with van der Waals surface area (Å²) in [6.07, 6.45) is 1.62. The van der Waals surface area contributed by atoms with Gasteiger partial charge in [0.25, 0.3) is 0 Å². The standard InChI is InChI=1S/C13H25N3O3/c1-3-15-11(17)9-16(4-2)13(18)12(14)10-5-7-19-8-6-10/h10,12H,3-9,14H2,1-2H3,(H,15,17). The molecule has 110 valence electrons. The Balaban J connectivity index is 2.53. The number of hydrogen-bond acceptors (Lipinski definition) is 4. The van der Waals surface area contributed by atoms with Gasteiger partial charge in [-0.15, -0.1) is 0 Å². The summed E-state index contributed by atoms with van der Waals surface area (Å²) in [6.45, 7) is 6.17. The topological polar surface area (TPSA) is 84.7 Å². The van der Waals surface area contributed by atoms with Crippen molar-refractivity contribution in [3.05, 3.63) is 0 Å². The minimum atomic E-state index is -0.529. The smallest absolute Gasteiger partial charge is 0.240 e. The van der Waals surface area contributed by atoms with E-state index in [-0.39, 0.29) is 24.3 Å². The van der Waals surface area contributed by atoms with Gasteiger partial charge in [-0.3, -0.25) is 9.59 Å². The lowest BCUT2D eigenvalue weighted by atomic mass is 9.91. The van der Waals surface area contributed by atoms with Gasteiger partial charge in [0.15, 0.2) is 0 Å². The summed E-state index contributed by atoms with van der Waals surface area (Å²) in [7, 11) is 0. The van der Waals surface area contributed by atoms with Crippen molar-refractivity contribution in [3.63, 3.8) is 0 Å². The molecule has 2 amide bonds. The summed E-state index contributed by atoms with van der Waals surface area (Å²) in [4.78, 5) is 25.4. The van der Waals surface area contributed by atoms with Gasteiger partial charge in [0.2, 0.25) is 11.8 Å². The molecule has 6 nitrogen and oxygen atoms in total. The van der Waals surface area contributed by atoms with Crippen molar-refractivity contribution in [2.45, 2.75) is 32.7 Å². The van der Waals surface area contributed by atoms with Gasteiger partial charge in [-0.2, -0.15) is 0 Å². The zero-order valence-corrected chi connectivity index (χ0v) is 11.9. The summed E-state index contributed by atoms with van der Waals surface area (Å²) in [5.41, 5.74) is 6.04. The molecule has 0 aliphatic carbocycles. The first kappa shape index (κ1) is 15.9. The molecular weight excluding hydrogens is 246 g/mol. The zero-order chi connectivity index (χ0) is 14.3. The highest BCUT2D eigenvalue weighted by atomic mass is 16.5. The number of nitrogens with zero attached hydrogens (tertiary/aromatic N) is 1. The fourth-order valence-electron chi connectivity index (χ4n) is 2.26. The van der Waals surface area contributed by atoms with Crippen LogP contribution in [0.25, 0.3) is 0 Å². The second-order valence-electron chi connectivity index (χ2n) is 4.78. The number of nitrogens with two attached hydrogens (primary N) is 1. The highest BCUT2D eigenvalue weighted by Crippen LogP contribution is 2.18. The maximum atomic E-state index is 12.3. The monoisotopic (exact) mass is 271 g/mol. The Morgan fingerprint density at radius 1 is 1.37 bits per heavy atom. The Kier molecular flexibility index (Phi) is 6.80. The Labute approximate surface area is 114 Å². The number of nitrogens with one attached hydrogen (secondary N) is 1. The third kappa shape index (κ3) is 4.80. The fraction of sp³-hybridized carbons (Fsp3) is 0.846. The van der Waals surface area contributed by atoms with Gasteiger partial charge in [0, 0.05) is 26.3 Å². The van der Waals surface area contributed by atoms with Gasteiger partial charge >= 0.3 is 0 Å². The molecule has 1 fully saturated rings. The van der Waals surface area contributed by atoms with E-state index in [1.54, 1.807) is 0 Å². The lowest BCUT2D eigenvalue weighted by molar-refractivity contribution is -0.138. The number of hydrogen-bond donors (Lipinski definition) is 2. The van der Waals surface area contributed by atoms with Crippen LogP contribution >= 0.6 is 0 Å². The van der Waals surface area contributed by atoms with Gasteiger partial charge in [-0.25, -0.2) is 0 Å². The van der Waals surface area contributed by atoms with Crippen molar-refractivity contribution in [3.8, 4) is 0 Å². The van der Waals surface area contributed by atoms with Crippen LogP contribution in [0, 0.1) is 5.92 Å². The highest BCUT2D eigenvalue weighted by molar-refractivity contribution is 5.87. The van der Waals surface area contributed by atoms with Gasteiger partial charge in [-0.1, -0.05) is 0 Å². The quantitative estimate of drug-likeness (QED) is 0.696. The molecule has 1 unspecified atom stereocenters. The first-order valence-corrected chi connectivity index (χ1v) is 6.98. The third-order valence-electron chi connectivity index (χ3n) is 3.46. The van der Waals surface area contributed by atoms with Crippen LogP contribution in [-0.4, -0.2) is 55.6 Å². The Hall–Kier alpha value is -1.14. The van der Waals surface area contributed by atoms with Crippen LogP contribution in [0.4, 0.5) is 0 Å². The minimum absolute atomic E-state index is 0.0834. The van der Waals surface area contributed by atoms with E-state index >= 15 is 0 Å². The molecule has 19 heavy (non-hydrogen) atoms. The number of rotatable bonds is 6. The predicted octanol–water partition coefficient (Wildman–Crippen LogP) is -0.275. The number of carbonyl (C=O) groups excluding carboxylic acids is 2. The van der Waals surface area contributed by atoms with Crippen LogP contribution in [0.3, 0.4) is 0 Å². The number of carbonyl (C=O) groups is 2. The molecule has 1 atom stereocenters. The minimum Gasteiger partial charge on any atom is -0.381 e. The zero-order valence-electron chi connectivity index (χ0n) is 11.9. The van der Waals surface area contributed by atoms with E-state index in [4.69, 9.17) is 10.5 Å². The third-order valence-corrected chi connectivity index (χ3v) is 3.46. The SMILES string of the molecule is CCNC(=O)CN(CC)C(=O)C(N)C1CCOCC1. The van der Waals surface area contributed by atoms with Crippen LogP contribution in [0.15, 0.2) is 0 Å². The van der Waals surface area contributed by atoms with E-state index in [1.165, 1.54) is 4.90 Å². The molecule has 0 aromatic rings. The van der Waals surface area contributed by atoms with E-state index in [2.05, 4.69) is 5.32 Å². The molecule has 0 aromatic carbocycles.